The summed E-state index contributed by atoms with van der Waals surface area (Å²) in [5.41, 5.74) is 0.960. The molecule has 1 aromatic heterocycles. The summed E-state index contributed by atoms with van der Waals surface area (Å²) >= 11 is 0. The van der Waals surface area contributed by atoms with Crippen LogP contribution in [0.25, 0.3) is 0 Å². The van der Waals surface area contributed by atoms with E-state index in [0.717, 1.165) is 30.3 Å². The number of nitrogens with one attached hydrogen (secondary N) is 1. The van der Waals surface area contributed by atoms with Crippen molar-refractivity contribution < 1.29 is 4.74 Å². The second-order valence-corrected chi connectivity index (χ2v) is 5.95. The highest BCUT2D eigenvalue weighted by Gasteiger charge is 2.12. The Bertz CT molecular complexity index is 407. The van der Waals surface area contributed by atoms with Gasteiger partial charge in [0.1, 0.15) is 5.82 Å². The highest BCUT2D eigenvalue weighted by molar-refractivity contribution is 5.25. The topological polar surface area (TPSA) is 47.0 Å². The zero-order chi connectivity index (χ0) is 15.7. The molecule has 0 aliphatic heterocycles. The molecule has 1 unspecified atom stereocenters. The molecule has 1 rings (SSSR count). The van der Waals surface area contributed by atoms with E-state index in [4.69, 9.17) is 4.74 Å². The first-order chi connectivity index (χ1) is 10.1. The van der Waals surface area contributed by atoms with Gasteiger partial charge < -0.3 is 10.1 Å². The number of hydrogen-bond donors (Lipinski definition) is 1. The van der Waals surface area contributed by atoms with Gasteiger partial charge in [-0.3, -0.25) is 0 Å². The zero-order valence-corrected chi connectivity index (χ0v) is 14.3. The Balaban J connectivity index is 2.72. The fraction of sp³-hybridized carbons (Fsp3) is 0.765. The molecule has 0 spiro atoms. The number of nitrogens with zero attached hydrogens (tertiary/aromatic N) is 2. The van der Waals surface area contributed by atoms with E-state index < -0.39 is 0 Å². The summed E-state index contributed by atoms with van der Waals surface area (Å²) in [4.78, 5) is 9.05. The molecule has 21 heavy (non-hydrogen) atoms. The van der Waals surface area contributed by atoms with Crippen LogP contribution in [0, 0.1) is 5.92 Å². The van der Waals surface area contributed by atoms with E-state index in [1.165, 1.54) is 19.3 Å². The van der Waals surface area contributed by atoms with E-state index in [1.807, 2.05) is 13.2 Å². The Morgan fingerprint density at radius 2 is 2.05 bits per heavy atom. The Morgan fingerprint density at radius 3 is 2.62 bits per heavy atom. The van der Waals surface area contributed by atoms with Crippen molar-refractivity contribution in [3.8, 4) is 5.75 Å². The molecular formula is C17H31N3O. The van der Waals surface area contributed by atoms with Crippen LogP contribution < -0.4 is 10.1 Å². The summed E-state index contributed by atoms with van der Waals surface area (Å²) in [7, 11) is 1.93. The van der Waals surface area contributed by atoms with Crippen molar-refractivity contribution in [1.82, 2.24) is 15.3 Å². The van der Waals surface area contributed by atoms with E-state index in [1.54, 1.807) is 0 Å². The summed E-state index contributed by atoms with van der Waals surface area (Å²) in [5.74, 6) is 2.66. The van der Waals surface area contributed by atoms with E-state index >= 15 is 0 Å². The molecule has 1 N–H and O–H groups in total. The molecule has 0 aliphatic rings. The molecule has 0 saturated carbocycles. The molecular weight excluding hydrogens is 262 g/mol. The molecule has 0 aliphatic carbocycles. The van der Waals surface area contributed by atoms with Crippen molar-refractivity contribution in [2.45, 2.75) is 65.8 Å². The molecule has 1 atom stereocenters. The van der Waals surface area contributed by atoms with Crippen LogP contribution in [0.5, 0.6) is 5.75 Å². The van der Waals surface area contributed by atoms with Crippen LogP contribution in [0.3, 0.4) is 0 Å². The highest BCUT2D eigenvalue weighted by atomic mass is 16.5. The minimum absolute atomic E-state index is 0.336. The molecule has 4 heteroatoms. The van der Waals surface area contributed by atoms with Gasteiger partial charge >= 0.3 is 0 Å². The second-order valence-electron chi connectivity index (χ2n) is 5.95. The molecule has 0 radical (unpaired) electrons. The maximum absolute atomic E-state index is 6.01. The van der Waals surface area contributed by atoms with Crippen LogP contribution in [0.2, 0.25) is 0 Å². The number of unbranched alkanes of at least 4 members (excludes halogenated alkanes) is 1. The van der Waals surface area contributed by atoms with E-state index in [-0.39, 0.29) is 0 Å². The lowest BCUT2D eigenvalue weighted by molar-refractivity contribution is 0.229. The van der Waals surface area contributed by atoms with Crippen molar-refractivity contribution in [2.24, 2.45) is 5.92 Å². The molecule has 1 aromatic rings. The first-order valence-electron chi connectivity index (χ1n) is 8.25. The van der Waals surface area contributed by atoms with Crippen molar-refractivity contribution in [3.05, 3.63) is 17.7 Å². The Kier molecular flexibility index (Phi) is 8.28. The predicted molar refractivity (Wildman–Crippen MR) is 87.7 cm³/mol. The van der Waals surface area contributed by atoms with Gasteiger partial charge in [0, 0.05) is 12.5 Å². The van der Waals surface area contributed by atoms with Crippen LogP contribution in [0.1, 0.15) is 70.8 Å². The van der Waals surface area contributed by atoms with E-state index in [0.29, 0.717) is 18.4 Å². The highest BCUT2D eigenvalue weighted by Crippen LogP contribution is 2.21. The van der Waals surface area contributed by atoms with Gasteiger partial charge in [0.25, 0.3) is 0 Å². The zero-order valence-electron chi connectivity index (χ0n) is 14.3. The van der Waals surface area contributed by atoms with Gasteiger partial charge in [-0.2, -0.15) is 0 Å². The lowest BCUT2D eigenvalue weighted by Crippen LogP contribution is -2.16. The standard InChI is InChI=1S/C17H31N3O/c1-6-8-9-14(7-2)12-21-16-11-19-17(13(3)4)20-15(16)10-18-5/h11,13-14,18H,6-10,12H2,1-5H3. The quantitative estimate of drug-likeness (QED) is 0.710. The van der Waals surface area contributed by atoms with Crippen LogP contribution in [-0.4, -0.2) is 23.6 Å². The first kappa shape index (κ1) is 17.9. The Hall–Kier alpha value is -1.16. The fourth-order valence-electron chi connectivity index (χ4n) is 2.22. The molecule has 1 heterocycles. The molecule has 120 valence electrons. The lowest BCUT2D eigenvalue weighted by atomic mass is 10.0. The Morgan fingerprint density at radius 1 is 1.29 bits per heavy atom. The minimum Gasteiger partial charge on any atom is -0.490 e. The summed E-state index contributed by atoms with van der Waals surface area (Å²) in [6.07, 6.45) is 6.74. The average Bonchev–Trinajstić information content (AvgIpc) is 2.48. The van der Waals surface area contributed by atoms with Crippen molar-refractivity contribution >= 4 is 0 Å². The van der Waals surface area contributed by atoms with Crippen LogP contribution in [-0.2, 0) is 6.54 Å². The van der Waals surface area contributed by atoms with Gasteiger partial charge in [0.15, 0.2) is 5.75 Å². The summed E-state index contributed by atoms with van der Waals surface area (Å²) in [6.45, 7) is 10.2. The first-order valence-corrected chi connectivity index (χ1v) is 8.25. The van der Waals surface area contributed by atoms with Crippen molar-refractivity contribution in [2.75, 3.05) is 13.7 Å². The molecule has 0 aromatic carbocycles. The maximum atomic E-state index is 6.01. The van der Waals surface area contributed by atoms with Crippen molar-refractivity contribution in [3.63, 3.8) is 0 Å². The second kappa shape index (κ2) is 9.72. The average molecular weight is 293 g/mol. The summed E-state index contributed by atoms with van der Waals surface area (Å²) < 4.78 is 6.01. The van der Waals surface area contributed by atoms with Gasteiger partial charge in [-0.15, -0.1) is 0 Å². The predicted octanol–water partition coefficient (Wildman–Crippen LogP) is 3.91. The fourth-order valence-corrected chi connectivity index (χ4v) is 2.22. The monoisotopic (exact) mass is 293 g/mol. The van der Waals surface area contributed by atoms with Gasteiger partial charge in [0.2, 0.25) is 0 Å². The van der Waals surface area contributed by atoms with Crippen molar-refractivity contribution in [1.29, 1.82) is 0 Å². The molecule has 0 bridgehead atoms. The van der Waals surface area contributed by atoms with Crippen LogP contribution >= 0.6 is 0 Å². The Labute approximate surface area is 129 Å². The van der Waals surface area contributed by atoms with Gasteiger partial charge in [-0.1, -0.05) is 47.0 Å². The number of rotatable bonds is 10. The lowest BCUT2D eigenvalue weighted by Gasteiger charge is -2.17. The number of aromatic nitrogens is 2. The van der Waals surface area contributed by atoms with E-state index in [2.05, 4.69) is 43.0 Å². The largest absolute Gasteiger partial charge is 0.490 e. The summed E-state index contributed by atoms with van der Waals surface area (Å²) in [6, 6.07) is 0. The molecule has 0 amide bonds. The van der Waals surface area contributed by atoms with Gasteiger partial charge in [0.05, 0.1) is 18.5 Å². The third kappa shape index (κ3) is 6.00. The van der Waals surface area contributed by atoms with Gasteiger partial charge in [-0.25, -0.2) is 9.97 Å². The van der Waals surface area contributed by atoms with Crippen LogP contribution in [0.4, 0.5) is 0 Å². The summed E-state index contributed by atoms with van der Waals surface area (Å²) in [5, 5.41) is 3.16. The number of hydrogen-bond acceptors (Lipinski definition) is 4. The normalized spacial score (nSPS) is 12.7. The van der Waals surface area contributed by atoms with Crippen LogP contribution in [0.15, 0.2) is 6.20 Å². The molecule has 4 nitrogen and oxygen atoms in total. The smallest absolute Gasteiger partial charge is 0.160 e. The minimum atomic E-state index is 0.336. The molecule has 0 fully saturated rings. The third-order valence-electron chi connectivity index (χ3n) is 3.73. The molecule has 0 saturated heterocycles. The maximum Gasteiger partial charge on any atom is 0.160 e. The third-order valence-corrected chi connectivity index (χ3v) is 3.73. The van der Waals surface area contributed by atoms with Gasteiger partial charge in [-0.05, 0) is 19.4 Å². The number of ether oxygens (including phenoxy) is 1. The SMILES string of the molecule is CCCCC(CC)COc1cnc(C(C)C)nc1CNC. The van der Waals surface area contributed by atoms with E-state index in [9.17, 15) is 0 Å².